The van der Waals surface area contributed by atoms with Crippen LogP contribution < -0.4 is 5.56 Å². The molecule has 7 nitrogen and oxygen atoms in total. The minimum absolute atomic E-state index is 0.156. The van der Waals surface area contributed by atoms with E-state index in [-0.39, 0.29) is 24.2 Å². The second-order valence-electron chi connectivity index (χ2n) is 3.14. The van der Waals surface area contributed by atoms with Gasteiger partial charge in [0.1, 0.15) is 0 Å². The lowest BCUT2D eigenvalue weighted by Crippen LogP contribution is -2.19. The molecule has 0 radical (unpaired) electrons. The maximum atomic E-state index is 11.3. The van der Waals surface area contributed by atoms with Crippen LogP contribution in [0.15, 0.2) is 17.4 Å². The van der Waals surface area contributed by atoms with E-state index in [4.69, 9.17) is 5.11 Å². The molecule has 0 fully saturated rings. The summed E-state index contributed by atoms with van der Waals surface area (Å²) in [5.74, 6) is 0. The van der Waals surface area contributed by atoms with Crippen LogP contribution in [-0.4, -0.2) is 42.4 Å². The molecule has 0 saturated heterocycles. The van der Waals surface area contributed by atoms with E-state index in [0.29, 0.717) is 5.65 Å². The summed E-state index contributed by atoms with van der Waals surface area (Å²) in [6, 6.07) is 0. The van der Waals surface area contributed by atoms with Crippen molar-refractivity contribution in [3.05, 3.63) is 23.0 Å². The second kappa shape index (κ2) is 3.79. The number of hydrogen-bond donors (Lipinski definition) is 3. The number of aliphatic hydroxyl groups excluding tert-OH is 2. The zero-order valence-electron chi connectivity index (χ0n) is 7.79. The molecular weight excluding hydrogens is 200 g/mol. The van der Waals surface area contributed by atoms with E-state index in [0.717, 1.165) is 0 Å². The van der Waals surface area contributed by atoms with Crippen LogP contribution >= 0.6 is 0 Å². The van der Waals surface area contributed by atoms with E-state index >= 15 is 0 Å². The second-order valence-corrected chi connectivity index (χ2v) is 3.14. The largest absolute Gasteiger partial charge is 0.394 e. The van der Waals surface area contributed by atoms with Crippen LogP contribution in [0.25, 0.3) is 11.2 Å². The number of H-pyrrole nitrogens is 1. The molecule has 0 aliphatic rings. The quantitative estimate of drug-likeness (QED) is 0.570. The Morgan fingerprint density at radius 3 is 3.07 bits per heavy atom. The van der Waals surface area contributed by atoms with Gasteiger partial charge in [0.25, 0.3) is 5.56 Å². The van der Waals surface area contributed by atoms with Crippen molar-refractivity contribution in [1.29, 1.82) is 0 Å². The summed E-state index contributed by atoms with van der Waals surface area (Å²) in [7, 11) is 0. The highest BCUT2D eigenvalue weighted by Gasteiger charge is 2.10. The zero-order chi connectivity index (χ0) is 10.8. The van der Waals surface area contributed by atoms with Crippen molar-refractivity contribution in [2.45, 2.75) is 12.6 Å². The van der Waals surface area contributed by atoms with Crippen molar-refractivity contribution in [3.8, 4) is 0 Å². The van der Waals surface area contributed by atoms with Gasteiger partial charge in [-0.15, -0.1) is 0 Å². The van der Waals surface area contributed by atoms with Crippen LogP contribution in [0, 0.1) is 0 Å². The summed E-state index contributed by atoms with van der Waals surface area (Å²) in [4.78, 5) is 21.5. The van der Waals surface area contributed by atoms with Gasteiger partial charge in [0.05, 0.1) is 31.9 Å². The molecule has 15 heavy (non-hydrogen) atoms. The number of aromatic nitrogens is 4. The molecular formula is C8H10N4O3. The fourth-order valence-corrected chi connectivity index (χ4v) is 1.31. The molecule has 1 atom stereocenters. The summed E-state index contributed by atoms with van der Waals surface area (Å²) >= 11 is 0. The fourth-order valence-electron chi connectivity index (χ4n) is 1.31. The van der Waals surface area contributed by atoms with Gasteiger partial charge in [0.2, 0.25) is 0 Å². The van der Waals surface area contributed by atoms with Crippen molar-refractivity contribution in [2.75, 3.05) is 6.61 Å². The van der Waals surface area contributed by atoms with E-state index in [2.05, 4.69) is 15.0 Å². The van der Waals surface area contributed by atoms with E-state index < -0.39 is 6.10 Å². The fraction of sp³-hybridized carbons (Fsp3) is 0.375. The molecule has 1 unspecified atom stereocenters. The van der Waals surface area contributed by atoms with E-state index in [1.807, 2.05) is 0 Å². The molecule has 0 amide bonds. The topological polar surface area (TPSA) is 104 Å². The van der Waals surface area contributed by atoms with Crippen molar-refractivity contribution in [3.63, 3.8) is 0 Å². The lowest BCUT2D eigenvalue weighted by atomic mass is 10.4. The zero-order valence-corrected chi connectivity index (χ0v) is 7.79. The first-order valence-electron chi connectivity index (χ1n) is 4.40. The Morgan fingerprint density at radius 1 is 1.53 bits per heavy atom. The third-order valence-corrected chi connectivity index (χ3v) is 2.03. The maximum Gasteiger partial charge on any atom is 0.278 e. The Morgan fingerprint density at radius 2 is 2.33 bits per heavy atom. The van der Waals surface area contributed by atoms with E-state index in [1.165, 1.54) is 17.2 Å². The maximum absolute atomic E-state index is 11.3. The summed E-state index contributed by atoms with van der Waals surface area (Å²) in [5, 5.41) is 17.9. The number of rotatable bonds is 3. The minimum Gasteiger partial charge on any atom is -0.394 e. The van der Waals surface area contributed by atoms with Gasteiger partial charge < -0.3 is 19.8 Å². The van der Waals surface area contributed by atoms with Crippen LogP contribution in [0.2, 0.25) is 0 Å². The van der Waals surface area contributed by atoms with Crippen LogP contribution in [0.1, 0.15) is 0 Å². The third kappa shape index (κ3) is 1.74. The van der Waals surface area contributed by atoms with Crippen molar-refractivity contribution in [1.82, 2.24) is 19.5 Å². The molecule has 0 bridgehead atoms. The Bertz CT molecular complexity index is 518. The molecule has 7 heteroatoms. The normalized spacial score (nSPS) is 13.2. The Hall–Kier alpha value is -1.73. The SMILES string of the molecule is O=c1[nH]cnc2c1ncn2CC(O)CO. The molecule has 0 aliphatic heterocycles. The molecule has 2 rings (SSSR count). The molecule has 0 aromatic carbocycles. The average Bonchev–Trinajstić information content (AvgIpc) is 2.63. The van der Waals surface area contributed by atoms with Crippen LogP contribution in [0.5, 0.6) is 0 Å². The summed E-state index contributed by atoms with van der Waals surface area (Å²) < 4.78 is 1.52. The van der Waals surface area contributed by atoms with Gasteiger partial charge in [-0.3, -0.25) is 4.79 Å². The first-order chi connectivity index (χ1) is 7.22. The molecule has 2 aromatic rings. The number of hydrogen-bond acceptors (Lipinski definition) is 5. The summed E-state index contributed by atoms with van der Waals surface area (Å²) in [6.07, 6.45) is 1.79. The third-order valence-electron chi connectivity index (χ3n) is 2.03. The Kier molecular flexibility index (Phi) is 2.48. The highest BCUT2D eigenvalue weighted by molar-refractivity contribution is 5.68. The van der Waals surface area contributed by atoms with Crippen LogP contribution in [0.3, 0.4) is 0 Å². The summed E-state index contributed by atoms with van der Waals surface area (Å²) in [6.45, 7) is -0.188. The van der Waals surface area contributed by atoms with E-state index in [9.17, 15) is 9.90 Å². The standard InChI is InChI=1S/C8H10N4O3/c13-2-5(14)1-12-4-11-6-7(12)9-3-10-8(6)15/h3-5,13-14H,1-2H2,(H,9,10,15). The molecule has 80 valence electrons. The van der Waals surface area contributed by atoms with Gasteiger partial charge in [-0.1, -0.05) is 0 Å². The van der Waals surface area contributed by atoms with Crippen molar-refractivity contribution < 1.29 is 10.2 Å². The van der Waals surface area contributed by atoms with Gasteiger partial charge in [0.15, 0.2) is 11.2 Å². The monoisotopic (exact) mass is 210 g/mol. The number of nitrogens with zero attached hydrogens (tertiary/aromatic N) is 3. The van der Waals surface area contributed by atoms with Gasteiger partial charge in [0, 0.05) is 0 Å². The predicted octanol–water partition coefficient (Wildman–Crippen LogP) is -1.53. The minimum atomic E-state index is -0.886. The van der Waals surface area contributed by atoms with Crippen LogP contribution in [0.4, 0.5) is 0 Å². The molecule has 2 aromatic heterocycles. The number of imidazole rings is 1. The average molecular weight is 210 g/mol. The van der Waals surface area contributed by atoms with E-state index in [1.54, 1.807) is 0 Å². The number of aliphatic hydroxyl groups is 2. The van der Waals surface area contributed by atoms with Gasteiger partial charge in [-0.2, -0.15) is 0 Å². The highest BCUT2D eigenvalue weighted by atomic mass is 16.3. The Balaban J connectivity index is 2.45. The van der Waals surface area contributed by atoms with Gasteiger partial charge >= 0.3 is 0 Å². The van der Waals surface area contributed by atoms with Crippen molar-refractivity contribution >= 4 is 11.2 Å². The van der Waals surface area contributed by atoms with Crippen molar-refractivity contribution in [2.24, 2.45) is 0 Å². The smallest absolute Gasteiger partial charge is 0.278 e. The highest BCUT2D eigenvalue weighted by Crippen LogP contribution is 2.04. The molecule has 2 heterocycles. The lowest BCUT2D eigenvalue weighted by molar-refractivity contribution is 0.0820. The molecule has 3 N–H and O–H groups in total. The number of aromatic amines is 1. The first-order valence-corrected chi connectivity index (χ1v) is 4.40. The number of nitrogens with one attached hydrogen (secondary N) is 1. The van der Waals surface area contributed by atoms with Crippen LogP contribution in [-0.2, 0) is 6.54 Å². The van der Waals surface area contributed by atoms with Gasteiger partial charge in [-0.05, 0) is 0 Å². The first kappa shape index (κ1) is 9.81. The molecule has 0 spiro atoms. The predicted molar refractivity (Wildman–Crippen MR) is 51.2 cm³/mol. The lowest BCUT2D eigenvalue weighted by Gasteiger charge is -2.07. The summed E-state index contributed by atoms with van der Waals surface area (Å²) in [5.41, 5.74) is 0.297. The number of fused-ring (bicyclic) bond motifs is 1. The molecule has 0 saturated carbocycles. The Labute approximate surface area is 84.0 Å². The van der Waals surface area contributed by atoms with Gasteiger partial charge in [-0.25, -0.2) is 9.97 Å². The molecule has 0 aliphatic carbocycles.